The minimum Gasteiger partial charge on any atom is -0.463 e. The average Bonchev–Trinajstić information content (AvgIpc) is 3.15. The van der Waals surface area contributed by atoms with Crippen LogP contribution < -0.4 is 0 Å². The van der Waals surface area contributed by atoms with Crippen LogP contribution in [0.25, 0.3) is 0 Å². The monoisotopic (exact) mass is 254 g/mol. The number of carbonyl (C=O) groups is 1. The van der Waals surface area contributed by atoms with E-state index in [9.17, 15) is 4.79 Å². The largest absolute Gasteiger partial charge is 0.463 e. The normalized spacial score (nSPS) is 29.8. The first-order chi connectivity index (χ1) is 8.69. The minimum atomic E-state index is -0.232. The highest BCUT2D eigenvalue weighted by molar-refractivity contribution is 5.89. The van der Waals surface area contributed by atoms with Crippen LogP contribution in [-0.4, -0.2) is 37.0 Å². The van der Waals surface area contributed by atoms with Crippen LogP contribution >= 0.6 is 0 Å². The van der Waals surface area contributed by atoms with Gasteiger partial charge < -0.3 is 14.2 Å². The predicted molar refractivity (Wildman–Crippen MR) is 67.2 cm³/mol. The number of epoxide rings is 1. The SMILES string of the molecule is CCOC(=O)C1=C[C@H]2O[C@H]2[C@@H](OC(CC)CC)C1. The van der Waals surface area contributed by atoms with Gasteiger partial charge in [-0.2, -0.15) is 0 Å². The zero-order valence-corrected chi connectivity index (χ0v) is 11.3. The van der Waals surface area contributed by atoms with Crippen LogP contribution in [-0.2, 0) is 19.0 Å². The number of rotatable bonds is 6. The molecule has 0 amide bonds. The van der Waals surface area contributed by atoms with Gasteiger partial charge in [0.1, 0.15) is 12.2 Å². The third-order valence-electron chi connectivity index (χ3n) is 3.53. The number of esters is 1. The molecule has 0 aromatic carbocycles. The van der Waals surface area contributed by atoms with Gasteiger partial charge in [0.05, 0.1) is 18.8 Å². The van der Waals surface area contributed by atoms with Crippen molar-refractivity contribution >= 4 is 5.97 Å². The summed E-state index contributed by atoms with van der Waals surface area (Å²) in [5.41, 5.74) is 0.701. The molecule has 0 aromatic heterocycles. The number of hydrogen-bond donors (Lipinski definition) is 0. The van der Waals surface area contributed by atoms with Crippen LogP contribution in [0.3, 0.4) is 0 Å². The van der Waals surface area contributed by atoms with Crippen molar-refractivity contribution in [1.82, 2.24) is 0 Å². The first-order valence-corrected chi connectivity index (χ1v) is 6.88. The fourth-order valence-corrected chi connectivity index (χ4v) is 2.40. The van der Waals surface area contributed by atoms with Gasteiger partial charge in [0.15, 0.2) is 0 Å². The molecular weight excluding hydrogens is 232 g/mol. The highest BCUT2D eigenvalue weighted by Crippen LogP contribution is 2.38. The molecule has 1 fully saturated rings. The van der Waals surface area contributed by atoms with E-state index >= 15 is 0 Å². The molecule has 0 N–H and O–H groups in total. The summed E-state index contributed by atoms with van der Waals surface area (Å²) < 4.78 is 16.6. The Hall–Kier alpha value is -0.870. The van der Waals surface area contributed by atoms with Gasteiger partial charge in [-0.05, 0) is 25.8 Å². The van der Waals surface area contributed by atoms with Crippen molar-refractivity contribution in [2.45, 2.75) is 64.4 Å². The van der Waals surface area contributed by atoms with Crippen molar-refractivity contribution < 1.29 is 19.0 Å². The zero-order valence-electron chi connectivity index (χ0n) is 11.3. The van der Waals surface area contributed by atoms with Gasteiger partial charge in [0.25, 0.3) is 0 Å². The summed E-state index contributed by atoms with van der Waals surface area (Å²) in [6.45, 7) is 6.45. The molecule has 0 saturated carbocycles. The maximum Gasteiger partial charge on any atom is 0.333 e. The maximum atomic E-state index is 11.7. The van der Waals surface area contributed by atoms with E-state index in [0.29, 0.717) is 18.6 Å². The third kappa shape index (κ3) is 2.93. The molecule has 0 spiro atoms. The van der Waals surface area contributed by atoms with Gasteiger partial charge in [-0.1, -0.05) is 13.8 Å². The van der Waals surface area contributed by atoms with E-state index in [2.05, 4.69) is 13.8 Å². The summed E-state index contributed by atoms with van der Waals surface area (Å²) in [5.74, 6) is -0.232. The van der Waals surface area contributed by atoms with Crippen molar-refractivity contribution in [1.29, 1.82) is 0 Å². The second-order valence-electron chi connectivity index (χ2n) is 4.79. The molecule has 0 unspecified atom stereocenters. The molecule has 4 heteroatoms. The van der Waals surface area contributed by atoms with E-state index in [1.807, 2.05) is 13.0 Å². The lowest BCUT2D eigenvalue weighted by atomic mass is 9.96. The lowest BCUT2D eigenvalue weighted by Gasteiger charge is -2.24. The summed E-state index contributed by atoms with van der Waals surface area (Å²) >= 11 is 0. The van der Waals surface area contributed by atoms with Gasteiger partial charge in [0, 0.05) is 12.0 Å². The first kappa shape index (κ1) is 13.6. The Morgan fingerprint density at radius 3 is 2.78 bits per heavy atom. The molecule has 102 valence electrons. The van der Waals surface area contributed by atoms with Crippen molar-refractivity contribution in [3.8, 4) is 0 Å². The van der Waals surface area contributed by atoms with Gasteiger partial charge >= 0.3 is 5.97 Å². The molecule has 2 rings (SSSR count). The maximum absolute atomic E-state index is 11.7. The van der Waals surface area contributed by atoms with Crippen LogP contribution in [0.4, 0.5) is 0 Å². The Balaban J connectivity index is 1.95. The molecule has 1 saturated heterocycles. The van der Waals surface area contributed by atoms with E-state index < -0.39 is 0 Å². The molecule has 0 radical (unpaired) electrons. The fourth-order valence-electron chi connectivity index (χ4n) is 2.40. The van der Waals surface area contributed by atoms with E-state index in [1.54, 1.807) is 0 Å². The molecule has 3 atom stereocenters. The summed E-state index contributed by atoms with van der Waals surface area (Å²) in [7, 11) is 0. The van der Waals surface area contributed by atoms with E-state index in [1.165, 1.54) is 0 Å². The van der Waals surface area contributed by atoms with Gasteiger partial charge in [-0.25, -0.2) is 4.79 Å². The minimum absolute atomic E-state index is 0.00399. The van der Waals surface area contributed by atoms with E-state index in [0.717, 1.165) is 12.8 Å². The van der Waals surface area contributed by atoms with Crippen molar-refractivity contribution in [2.24, 2.45) is 0 Å². The second kappa shape index (κ2) is 5.85. The summed E-state index contributed by atoms with van der Waals surface area (Å²) in [4.78, 5) is 11.7. The molecule has 0 aromatic rings. The topological polar surface area (TPSA) is 48.1 Å². The Kier molecular flexibility index (Phi) is 4.40. The Morgan fingerprint density at radius 1 is 1.44 bits per heavy atom. The van der Waals surface area contributed by atoms with E-state index in [4.69, 9.17) is 14.2 Å². The predicted octanol–water partition coefficient (Wildman–Crippen LogP) is 2.22. The average molecular weight is 254 g/mol. The molecule has 18 heavy (non-hydrogen) atoms. The quantitative estimate of drug-likeness (QED) is 0.538. The summed E-state index contributed by atoms with van der Waals surface area (Å²) in [6, 6.07) is 0. The van der Waals surface area contributed by atoms with E-state index in [-0.39, 0.29) is 30.4 Å². The Morgan fingerprint density at radius 2 is 2.17 bits per heavy atom. The van der Waals surface area contributed by atoms with Crippen LogP contribution in [0, 0.1) is 0 Å². The molecule has 1 heterocycles. The summed E-state index contributed by atoms with van der Waals surface area (Å²) in [6.07, 6.45) is 4.92. The Labute approximate surface area is 108 Å². The number of ether oxygens (including phenoxy) is 3. The van der Waals surface area contributed by atoms with Gasteiger partial charge in [0.2, 0.25) is 0 Å². The van der Waals surface area contributed by atoms with Crippen LogP contribution in [0.5, 0.6) is 0 Å². The zero-order chi connectivity index (χ0) is 13.1. The molecular formula is C14H22O4. The van der Waals surface area contributed by atoms with Crippen molar-refractivity contribution in [3.05, 3.63) is 11.6 Å². The highest BCUT2D eigenvalue weighted by Gasteiger charge is 2.49. The van der Waals surface area contributed by atoms with Crippen LogP contribution in [0.15, 0.2) is 11.6 Å². The molecule has 0 bridgehead atoms. The van der Waals surface area contributed by atoms with Crippen molar-refractivity contribution in [2.75, 3.05) is 6.61 Å². The smallest absolute Gasteiger partial charge is 0.333 e. The summed E-state index contributed by atoms with van der Waals surface area (Å²) in [5, 5.41) is 0. The standard InChI is InChI=1S/C14H22O4/c1-4-10(5-2)17-11-7-9(14(15)16-6-3)8-12-13(11)18-12/h8,10-13H,4-7H2,1-3H3/t11-,12+,13-/m0/s1. The molecule has 4 nitrogen and oxygen atoms in total. The van der Waals surface area contributed by atoms with Crippen LogP contribution in [0.2, 0.25) is 0 Å². The lowest BCUT2D eigenvalue weighted by Crippen LogP contribution is -2.31. The molecule has 2 aliphatic rings. The van der Waals surface area contributed by atoms with Gasteiger partial charge in [-0.3, -0.25) is 0 Å². The number of hydrogen-bond acceptors (Lipinski definition) is 4. The second-order valence-corrected chi connectivity index (χ2v) is 4.79. The van der Waals surface area contributed by atoms with Crippen molar-refractivity contribution in [3.63, 3.8) is 0 Å². The third-order valence-corrected chi connectivity index (χ3v) is 3.53. The van der Waals surface area contributed by atoms with Gasteiger partial charge in [-0.15, -0.1) is 0 Å². The molecule has 1 aliphatic carbocycles. The first-order valence-electron chi connectivity index (χ1n) is 6.88. The Bertz CT molecular complexity index is 333. The lowest BCUT2D eigenvalue weighted by molar-refractivity contribution is -0.139. The van der Waals surface area contributed by atoms with Crippen LogP contribution in [0.1, 0.15) is 40.0 Å². The molecule has 1 aliphatic heterocycles. The fraction of sp³-hybridized carbons (Fsp3) is 0.786. The highest BCUT2D eigenvalue weighted by atomic mass is 16.6. The number of fused-ring (bicyclic) bond motifs is 1. The number of carbonyl (C=O) groups excluding carboxylic acids is 1.